The number of rotatable bonds is 1. The number of ether oxygens (including phenoxy) is 1. The molecule has 0 radical (unpaired) electrons. The van der Waals surface area contributed by atoms with Gasteiger partial charge in [-0.05, 0) is 19.3 Å². The molecular formula is C7H14O2. The van der Waals surface area contributed by atoms with Crippen molar-refractivity contribution < 1.29 is 9.84 Å². The lowest BCUT2D eigenvalue weighted by molar-refractivity contribution is -0.0441. The zero-order chi connectivity index (χ0) is 6.69. The van der Waals surface area contributed by atoms with E-state index in [1.165, 1.54) is 0 Å². The van der Waals surface area contributed by atoms with Gasteiger partial charge in [0, 0.05) is 6.61 Å². The summed E-state index contributed by atoms with van der Waals surface area (Å²) >= 11 is 0. The standard InChI is InChI=1S/C7H14O2/c1-2-7-5-6(8)3-4-9-7/h6-8H,2-5H2,1H3/t6-,7+/m0/s1. The molecule has 0 saturated carbocycles. The van der Waals surface area contributed by atoms with Crippen LogP contribution in [0.2, 0.25) is 0 Å². The number of hydrogen-bond acceptors (Lipinski definition) is 2. The predicted octanol–water partition coefficient (Wildman–Crippen LogP) is 0.936. The van der Waals surface area contributed by atoms with E-state index < -0.39 is 0 Å². The maximum absolute atomic E-state index is 9.13. The molecule has 1 aliphatic rings. The lowest BCUT2D eigenvalue weighted by Crippen LogP contribution is -2.28. The van der Waals surface area contributed by atoms with Crippen LogP contribution in [0.15, 0.2) is 0 Å². The van der Waals surface area contributed by atoms with Gasteiger partial charge in [0.1, 0.15) is 0 Å². The maximum Gasteiger partial charge on any atom is 0.0597 e. The zero-order valence-corrected chi connectivity index (χ0v) is 5.84. The van der Waals surface area contributed by atoms with E-state index in [2.05, 4.69) is 6.92 Å². The van der Waals surface area contributed by atoms with Gasteiger partial charge in [-0.3, -0.25) is 0 Å². The van der Waals surface area contributed by atoms with Crippen LogP contribution in [0.3, 0.4) is 0 Å². The van der Waals surface area contributed by atoms with Crippen molar-refractivity contribution in [1.82, 2.24) is 0 Å². The average molecular weight is 130 g/mol. The van der Waals surface area contributed by atoms with Gasteiger partial charge in [-0.1, -0.05) is 6.92 Å². The Kier molecular flexibility index (Phi) is 2.49. The van der Waals surface area contributed by atoms with E-state index in [-0.39, 0.29) is 6.10 Å². The molecule has 2 nitrogen and oxygen atoms in total. The molecule has 0 spiro atoms. The molecule has 0 unspecified atom stereocenters. The van der Waals surface area contributed by atoms with Crippen LogP contribution in [0.25, 0.3) is 0 Å². The van der Waals surface area contributed by atoms with Crippen molar-refractivity contribution in [2.24, 2.45) is 0 Å². The van der Waals surface area contributed by atoms with Crippen LogP contribution >= 0.6 is 0 Å². The fraction of sp³-hybridized carbons (Fsp3) is 1.00. The van der Waals surface area contributed by atoms with Crippen molar-refractivity contribution in [1.29, 1.82) is 0 Å². The van der Waals surface area contributed by atoms with Gasteiger partial charge >= 0.3 is 0 Å². The van der Waals surface area contributed by atoms with Gasteiger partial charge in [0.05, 0.1) is 12.2 Å². The Morgan fingerprint density at radius 2 is 2.44 bits per heavy atom. The Morgan fingerprint density at radius 1 is 1.67 bits per heavy atom. The van der Waals surface area contributed by atoms with Crippen LogP contribution in [-0.4, -0.2) is 23.9 Å². The molecule has 0 aromatic carbocycles. The Bertz CT molecular complexity index is 83.0. The van der Waals surface area contributed by atoms with E-state index in [1.807, 2.05) is 0 Å². The highest BCUT2D eigenvalue weighted by Crippen LogP contribution is 2.15. The highest BCUT2D eigenvalue weighted by Gasteiger charge is 2.18. The van der Waals surface area contributed by atoms with Gasteiger partial charge in [-0.2, -0.15) is 0 Å². The minimum atomic E-state index is -0.108. The quantitative estimate of drug-likeness (QED) is 0.572. The van der Waals surface area contributed by atoms with Crippen molar-refractivity contribution in [3.05, 3.63) is 0 Å². The summed E-state index contributed by atoms with van der Waals surface area (Å²) in [4.78, 5) is 0. The molecule has 1 heterocycles. The second-order valence-electron chi connectivity index (χ2n) is 2.58. The lowest BCUT2D eigenvalue weighted by atomic mass is 10.0. The average Bonchev–Trinajstić information content (AvgIpc) is 1.88. The van der Waals surface area contributed by atoms with E-state index in [0.717, 1.165) is 25.9 Å². The van der Waals surface area contributed by atoms with Crippen LogP contribution in [-0.2, 0) is 4.74 Å². The minimum Gasteiger partial charge on any atom is -0.393 e. The fourth-order valence-electron chi connectivity index (χ4n) is 1.14. The SMILES string of the molecule is CC[C@@H]1C[C@@H](O)CCO1. The number of hydrogen-bond donors (Lipinski definition) is 1. The maximum atomic E-state index is 9.13. The van der Waals surface area contributed by atoms with Gasteiger partial charge in [-0.25, -0.2) is 0 Å². The molecular weight excluding hydrogens is 116 g/mol. The molecule has 54 valence electrons. The first-order valence-corrected chi connectivity index (χ1v) is 3.62. The zero-order valence-electron chi connectivity index (χ0n) is 5.84. The van der Waals surface area contributed by atoms with Crippen LogP contribution < -0.4 is 0 Å². The minimum absolute atomic E-state index is 0.108. The van der Waals surface area contributed by atoms with Gasteiger partial charge in [0.15, 0.2) is 0 Å². The Morgan fingerprint density at radius 3 is 2.89 bits per heavy atom. The summed E-state index contributed by atoms with van der Waals surface area (Å²) in [6.45, 7) is 2.82. The summed E-state index contributed by atoms with van der Waals surface area (Å²) in [5, 5.41) is 9.13. The first-order chi connectivity index (χ1) is 4.33. The van der Waals surface area contributed by atoms with Gasteiger partial charge in [-0.15, -0.1) is 0 Å². The monoisotopic (exact) mass is 130 g/mol. The van der Waals surface area contributed by atoms with Crippen LogP contribution in [0.1, 0.15) is 26.2 Å². The van der Waals surface area contributed by atoms with Crippen molar-refractivity contribution in [3.63, 3.8) is 0 Å². The highest BCUT2D eigenvalue weighted by molar-refractivity contribution is 4.68. The summed E-state index contributed by atoms with van der Waals surface area (Å²) in [5.74, 6) is 0. The molecule has 1 aliphatic heterocycles. The molecule has 1 fully saturated rings. The molecule has 0 bridgehead atoms. The second-order valence-corrected chi connectivity index (χ2v) is 2.58. The van der Waals surface area contributed by atoms with Crippen molar-refractivity contribution in [2.75, 3.05) is 6.61 Å². The molecule has 1 saturated heterocycles. The lowest BCUT2D eigenvalue weighted by Gasteiger charge is -2.25. The summed E-state index contributed by atoms with van der Waals surface area (Å²) < 4.78 is 5.34. The Labute approximate surface area is 55.8 Å². The van der Waals surface area contributed by atoms with E-state index in [4.69, 9.17) is 9.84 Å². The van der Waals surface area contributed by atoms with Crippen LogP contribution in [0.4, 0.5) is 0 Å². The molecule has 1 N–H and O–H groups in total. The molecule has 0 amide bonds. The van der Waals surface area contributed by atoms with Gasteiger partial charge < -0.3 is 9.84 Å². The molecule has 2 heteroatoms. The summed E-state index contributed by atoms with van der Waals surface area (Å²) in [5.41, 5.74) is 0. The Hall–Kier alpha value is -0.0800. The van der Waals surface area contributed by atoms with Crippen molar-refractivity contribution in [2.45, 2.75) is 38.4 Å². The predicted molar refractivity (Wildman–Crippen MR) is 35.3 cm³/mol. The molecule has 0 aliphatic carbocycles. The fourth-order valence-corrected chi connectivity index (χ4v) is 1.14. The third kappa shape index (κ3) is 1.95. The Balaban J connectivity index is 2.23. The van der Waals surface area contributed by atoms with E-state index in [1.54, 1.807) is 0 Å². The summed E-state index contributed by atoms with van der Waals surface area (Å²) in [6, 6.07) is 0. The second kappa shape index (κ2) is 3.18. The highest BCUT2D eigenvalue weighted by atomic mass is 16.5. The third-order valence-electron chi connectivity index (χ3n) is 1.79. The molecule has 0 aromatic heterocycles. The normalized spacial score (nSPS) is 36.7. The third-order valence-corrected chi connectivity index (χ3v) is 1.79. The van der Waals surface area contributed by atoms with E-state index in [9.17, 15) is 0 Å². The first kappa shape index (κ1) is 7.03. The van der Waals surface area contributed by atoms with Crippen LogP contribution in [0, 0.1) is 0 Å². The summed E-state index contributed by atoms with van der Waals surface area (Å²) in [6.07, 6.45) is 2.88. The van der Waals surface area contributed by atoms with Crippen LogP contribution in [0.5, 0.6) is 0 Å². The van der Waals surface area contributed by atoms with E-state index in [0.29, 0.717) is 6.10 Å². The first-order valence-electron chi connectivity index (χ1n) is 3.62. The molecule has 2 atom stereocenters. The van der Waals surface area contributed by atoms with Crippen molar-refractivity contribution >= 4 is 0 Å². The smallest absolute Gasteiger partial charge is 0.0597 e. The number of aliphatic hydroxyl groups excluding tert-OH is 1. The topological polar surface area (TPSA) is 29.5 Å². The molecule has 0 aromatic rings. The van der Waals surface area contributed by atoms with Gasteiger partial charge in [0.25, 0.3) is 0 Å². The van der Waals surface area contributed by atoms with Crippen molar-refractivity contribution in [3.8, 4) is 0 Å². The molecule has 1 rings (SSSR count). The van der Waals surface area contributed by atoms with E-state index >= 15 is 0 Å². The van der Waals surface area contributed by atoms with Gasteiger partial charge in [0.2, 0.25) is 0 Å². The summed E-state index contributed by atoms with van der Waals surface area (Å²) in [7, 11) is 0. The number of aliphatic hydroxyl groups is 1. The largest absolute Gasteiger partial charge is 0.393 e. The molecule has 9 heavy (non-hydrogen) atoms.